The van der Waals surface area contributed by atoms with Crippen molar-refractivity contribution in [2.45, 2.75) is 22.6 Å². The van der Waals surface area contributed by atoms with E-state index in [1.54, 1.807) is 17.8 Å². The number of anilines is 2. The van der Waals surface area contributed by atoms with E-state index in [1.807, 2.05) is 54.6 Å². The fraction of sp³-hybridized carbons (Fsp3) is 0.263. The van der Waals surface area contributed by atoms with Gasteiger partial charge in [0.1, 0.15) is 5.82 Å². The topological polar surface area (TPSA) is 118 Å². The zero-order chi connectivity index (χ0) is 34.3. The van der Waals surface area contributed by atoms with Crippen molar-refractivity contribution in [3.63, 3.8) is 0 Å². The molecule has 3 fully saturated rings. The van der Waals surface area contributed by atoms with Crippen LogP contribution in [0.5, 0.6) is 11.5 Å². The first-order valence-electron chi connectivity index (χ1n) is 16.4. The van der Waals surface area contributed by atoms with E-state index in [0.717, 1.165) is 32.7 Å². The van der Waals surface area contributed by atoms with Gasteiger partial charge in [-0.1, -0.05) is 47.7 Å². The molecular weight excluding hydrogens is 678 g/mol. The van der Waals surface area contributed by atoms with Gasteiger partial charge in [0.15, 0.2) is 18.1 Å². The van der Waals surface area contributed by atoms with E-state index in [9.17, 15) is 23.6 Å². The average molecular weight is 708 g/mol. The average Bonchev–Trinajstić information content (AvgIpc) is 3.86. The molecule has 9 nitrogen and oxygen atoms in total. The summed E-state index contributed by atoms with van der Waals surface area (Å²) in [5.74, 6) is -1.69. The summed E-state index contributed by atoms with van der Waals surface area (Å²) >= 11 is 2.78. The maximum absolute atomic E-state index is 14.0. The Morgan fingerprint density at radius 2 is 1.68 bits per heavy atom. The molecule has 50 heavy (non-hydrogen) atoms. The van der Waals surface area contributed by atoms with Crippen LogP contribution in [0.25, 0.3) is 10.8 Å². The zero-order valence-electron chi connectivity index (χ0n) is 26.6. The van der Waals surface area contributed by atoms with Gasteiger partial charge in [-0.25, -0.2) is 4.39 Å². The summed E-state index contributed by atoms with van der Waals surface area (Å²) in [6.07, 6.45) is 0.743. The van der Waals surface area contributed by atoms with Crippen LogP contribution >= 0.6 is 23.1 Å². The molecule has 1 aromatic heterocycles. The number of hydrogen-bond donors (Lipinski definition) is 2. The third-order valence-corrected chi connectivity index (χ3v) is 13.3. The van der Waals surface area contributed by atoms with Gasteiger partial charge in [0.25, 0.3) is 5.91 Å². The van der Waals surface area contributed by atoms with Crippen LogP contribution in [-0.4, -0.2) is 41.7 Å². The number of carbonyl (C=O) groups is 3. The molecule has 2 aliphatic carbocycles. The Morgan fingerprint density at radius 1 is 0.920 bits per heavy atom. The summed E-state index contributed by atoms with van der Waals surface area (Å²) in [5.41, 5.74) is 1.96. The number of nitrogens with one attached hydrogen (secondary N) is 2. The number of amides is 3. The van der Waals surface area contributed by atoms with Crippen molar-refractivity contribution in [1.29, 1.82) is 0 Å². The lowest BCUT2D eigenvalue weighted by Gasteiger charge is -2.43. The summed E-state index contributed by atoms with van der Waals surface area (Å²) in [6.45, 7) is -0.232. The molecule has 4 aliphatic rings. The van der Waals surface area contributed by atoms with Crippen LogP contribution in [0.1, 0.15) is 22.8 Å². The van der Waals surface area contributed by atoms with Crippen LogP contribution in [0, 0.1) is 35.4 Å². The third kappa shape index (κ3) is 4.87. The summed E-state index contributed by atoms with van der Waals surface area (Å²) in [6, 6.07) is 24.7. The molecule has 5 aromatic rings. The SMILES string of the molecule is COc1cc([C@H]2c3sc(=O)[nH]c3SC3C4CC(C5C(=O)N(c6ccc(F)cc6)C(=O)C45)C32)ccc1OCC(=O)Nc1ccc2ccccc2c1. The van der Waals surface area contributed by atoms with Gasteiger partial charge in [-0.15, -0.1) is 11.8 Å². The predicted molar refractivity (Wildman–Crippen MR) is 188 cm³/mol. The number of thioether (sulfide) groups is 1. The van der Waals surface area contributed by atoms with Crippen LogP contribution in [0.15, 0.2) is 94.7 Å². The first kappa shape index (κ1) is 31.1. The molecule has 252 valence electrons. The van der Waals surface area contributed by atoms with Gasteiger partial charge in [-0.3, -0.25) is 24.1 Å². The third-order valence-electron chi connectivity index (χ3n) is 10.7. The van der Waals surface area contributed by atoms with Crippen LogP contribution in [-0.2, 0) is 14.4 Å². The fourth-order valence-electron chi connectivity index (χ4n) is 8.84. The van der Waals surface area contributed by atoms with Gasteiger partial charge in [0.2, 0.25) is 11.8 Å². The normalized spacial score (nSPS) is 26.1. The lowest BCUT2D eigenvalue weighted by Crippen LogP contribution is -2.42. The highest BCUT2D eigenvalue weighted by Gasteiger charge is 2.69. The van der Waals surface area contributed by atoms with Gasteiger partial charge >= 0.3 is 4.87 Å². The van der Waals surface area contributed by atoms with Gasteiger partial charge in [-0.05, 0) is 89.0 Å². The minimum absolute atomic E-state index is 0.00893. The number of ether oxygens (including phenoxy) is 2. The number of carbonyl (C=O) groups excluding carboxylic acids is 3. The van der Waals surface area contributed by atoms with E-state index >= 15 is 0 Å². The van der Waals surface area contributed by atoms with Crippen molar-refractivity contribution in [1.82, 2.24) is 4.98 Å². The number of thiazole rings is 1. The number of fused-ring (bicyclic) bond motifs is 10. The molecule has 2 aliphatic heterocycles. The molecule has 1 saturated heterocycles. The highest BCUT2D eigenvalue weighted by Crippen LogP contribution is 2.68. The minimum Gasteiger partial charge on any atom is -0.493 e. The van der Waals surface area contributed by atoms with Gasteiger partial charge in [0, 0.05) is 21.7 Å². The molecule has 3 heterocycles. The van der Waals surface area contributed by atoms with Gasteiger partial charge in [-0.2, -0.15) is 0 Å². The molecule has 9 rings (SSSR count). The summed E-state index contributed by atoms with van der Waals surface area (Å²) in [4.78, 5) is 58.4. The van der Waals surface area contributed by atoms with Crippen molar-refractivity contribution in [2.24, 2.45) is 29.6 Å². The Hall–Kier alpha value is -4.94. The largest absolute Gasteiger partial charge is 0.493 e. The Bertz CT molecular complexity index is 2270. The quantitative estimate of drug-likeness (QED) is 0.187. The number of methoxy groups -OCH3 is 1. The molecule has 7 atom stereocenters. The molecule has 2 saturated carbocycles. The van der Waals surface area contributed by atoms with Crippen LogP contribution in [0.4, 0.5) is 15.8 Å². The minimum atomic E-state index is -0.482. The standard InChI is InChI=1S/C38H30FN3O6S2/c1-47-27-15-20(7-13-26(27)48-17-28(43)40-22-10-6-18-4-2-3-5-19(18)14-22)29-30-24-16-25(33(30)49-35-34(29)50-38(46)41-35)32-31(24)36(44)42(37(32)45)23-11-8-21(39)9-12-23/h2-15,24-25,29-33H,16-17H2,1H3,(H,40,43)(H,41,46)/t24?,25?,29-,30?,31?,32?,33?/m1/s1. The van der Waals surface area contributed by atoms with Gasteiger partial charge < -0.3 is 19.8 Å². The second-order valence-electron chi connectivity index (χ2n) is 13.3. The second kappa shape index (κ2) is 11.8. The summed E-state index contributed by atoms with van der Waals surface area (Å²) in [5, 5.41) is 5.79. The van der Waals surface area contributed by atoms with Crippen LogP contribution in [0.2, 0.25) is 0 Å². The molecule has 2 N–H and O–H groups in total. The van der Waals surface area contributed by atoms with E-state index in [4.69, 9.17) is 9.47 Å². The number of benzene rings is 4. The molecule has 4 aromatic carbocycles. The highest BCUT2D eigenvalue weighted by molar-refractivity contribution is 8.00. The molecule has 2 bridgehead atoms. The first-order valence-corrected chi connectivity index (χ1v) is 18.1. The number of halogens is 1. The lowest BCUT2D eigenvalue weighted by atomic mass is 9.68. The van der Waals surface area contributed by atoms with Crippen molar-refractivity contribution in [3.05, 3.63) is 111 Å². The number of H-pyrrole nitrogens is 1. The van der Waals surface area contributed by atoms with Crippen molar-refractivity contribution in [3.8, 4) is 11.5 Å². The highest BCUT2D eigenvalue weighted by atomic mass is 32.2. The molecule has 12 heteroatoms. The zero-order valence-corrected chi connectivity index (χ0v) is 28.3. The number of imide groups is 1. The van der Waals surface area contributed by atoms with E-state index < -0.39 is 17.7 Å². The molecule has 3 amide bonds. The van der Waals surface area contributed by atoms with E-state index in [-0.39, 0.29) is 58.1 Å². The van der Waals surface area contributed by atoms with Crippen molar-refractivity contribution < 1.29 is 28.2 Å². The van der Waals surface area contributed by atoms with E-state index in [0.29, 0.717) is 22.9 Å². The lowest BCUT2D eigenvalue weighted by molar-refractivity contribution is -0.123. The molecule has 0 spiro atoms. The number of aromatic nitrogens is 1. The molecule has 6 unspecified atom stereocenters. The molecule has 0 radical (unpaired) electrons. The first-order chi connectivity index (χ1) is 24.3. The maximum Gasteiger partial charge on any atom is 0.305 e. The van der Waals surface area contributed by atoms with Crippen LogP contribution < -0.4 is 24.6 Å². The van der Waals surface area contributed by atoms with E-state index in [1.165, 1.54) is 47.6 Å². The number of aromatic amines is 1. The Labute approximate surface area is 293 Å². The second-order valence-corrected chi connectivity index (χ2v) is 15.5. The van der Waals surface area contributed by atoms with Crippen molar-refractivity contribution in [2.75, 3.05) is 23.9 Å². The number of rotatable bonds is 7. The van der Waals surface area contributed by atoms with E-state index in [2.05, 4.69) is 10.3 Å². The Balaban J connectivity index is 0.990. The predicted octanol–water partition coefficient (Wildman–Crippen LogP) is 6.43. The van der Waals surface area contributed by atoms with Crippen molar-refractivity contribution >= 4 is 63.0 Å². The number of hydrogen-bond acceptors (Lipinski definition) is 8. The van der Waals surface area contributed by atoms with Crippen LogP contribution in [0.3, 0.4) is 0 Å². The monoisotopic (exact) mass is 707 g/mol. The number of nitrogens with zero attached hydrogens (tertiary/aromatic N) is 1. The summed E-state index contributed by atoms with van der Waals surface area (Å²) in [7, 11) is 1.54. The maximum atomic E-state index is 14.0. The Kier molecular flexibility index (Phi) is 7.36. The fourth-order valence-corrected chi connectivity index (χ4v) is 11.7. The van der Waals surface area contributed by atoms with Gasteiger partial charge in [0.05, 0.1) is 29.7 Å². The molecular formula is C38H30FN3O6S2. The Morgan fingerprint density at radius 3 is 2.46 bits per heavy atom. The summed E-state index contributed by atoms with van der Waals surface area (Å²) < 4.78 is 25.4. The smallest absolute Gasteiger partial charge is 0.305 e.